The van der Waals surface area contributed by atoms with Crippen molar-refractivity contribution in [2.45, 2.75) is 25.4 Å². The Balaban J connectivity index is 1.73. The number of nitrogens with one attached hydrogen (secondary N) is 1. The molecule has 0 aromatic carbocycles. The molecule has 15 heavy (non-hydrogen) atoms. The SMILES string of the molecule is Nc1ccnc(NCCC2CCCO2)n1. The summed E-state index contributed by atoms with van der Waals surface area (Å²) < 4.78 is 5.51. The van der Waals surface area contributed by atoms with E-state index in [0.717, 1.165) is 19.6 Å². The minimum atomic E-state index is 0.401. The van der Waals surface area contributed by atoms with Gasteiger partial charge in [0.2, 0.25) is 5.95 Å². The average Bonchev–Trinajstić information content (AvgIpc) is 2.71. The highest BCUT2D eigenvalue weighted by Crippen LogP contribution is 2.15. The van der Waals surface area contributed by atoms with Gasteiger partial charge >= 0.3 is 0 Å². The van der Waals surface area contributed by atoms with Crippen molar-refractivity contribution in [3.63, 3.8) is 0 Å². The summed E-state index contributed by atoms with van der Waals surface area (Å²) in [7, 11) is 0. The van der Waals surface area contributed by atoms with Crippen molar-refractivity contribution in [2.24, 2.45) is 0 Å². The third-order valence-corrected chi connectivity index (χ3v) is 2.45. The third-order valence-electron chi connectivity index (χ3n) is 2.45. The van der Waals surface area contributed by atoms with Crippen LogP contribution in [0.15, 0.2) is 12.3 Å². The van der Waals surface area contributed by atoms with E-state index in [1.807, 2.05) is 0 Å². The van der Waals surface area contributed by atoms with Crippen LogP contribution in [0.1, 0.15) is 19.3 Å². The van der Waals surface area contributed by atoms with Gasteiger partial charge < -0.3 is 15.8 Å². The largest absolute Gasteiger partial charge is 0.384 e. The molecule has 1 unspecified atom stereocenters. The number of anilines is 2. The summed E-state index contributed by atoms with van der Waals surface area (Å²) in [6, 6.07) is 1.67. The number of hydrogen-bond acceptors (Lipinski definition) is 5. The van der Waals surface area contributed by atoms with Gasteiger partial charge in [0.15, 0.2) is 0 Å². The van der Waals surface area contributed by atoms with Crippen LogP contribution in [0.5, 0.6) is 0 Å². The van der Waals surface area contributed by atoms with Gasteiger partial charge in [-0.25, -0.2) is 4.98 Å². The number of nitrogens with zero attached hydrogens (tertiary/aromatic N) is 2. The van der Waals surface area contributed by atoms with Crippen LogP contribution in [0.25, 0.3) is 0 Å². The molecule has 2 rings (SSSR count). The van der Waals surface area contributed by atoms with Crippen molar-refractivity contribution in [2.75, 3.05) is 24.2 Å². The van der Waals surface area contributed by atoms with Gasteiger partial charge in [0.25, 0.3) is 0 Å². The summed E-state index contributed by atoms with van der Waals surface area (Å²) in [6.45, 7) is 1.73. The molecule has 0 aliphatic carbocycles. The molecule has 0 saturated carbocycles. The summed E-state index contributed by atoms with van der Waals surface area (Å²) in [5.74, 6) is 1.08. The Labute approximate surface area is 89.1 Å². The van der Waals surface area contributed by atoms with Crippen LogP contribution >= 0.6 is 0 Å². The number of aromatic nitrogens is 2. The van der Waals surface area contributed by atoms with E-state index in [4.69, 9.17) is 10.5 Å². The molecule has 2 heterocycles. The third kappa shape index (κ3) is 3.06. The Bertz CT molecular complexity index is 312. The molecular weight excluding hydrogens is 192 g/mol. The maximum Gasteiger partial charge on any atom is 0.224 e. The molecule has 0 spiro atoms. The molecule has 5 nitrogen and oxygen atoms in total. The van der Waals surface area contributed by atoms with Crippen LogP contribution in [0.4, 0.5) is 11.8 Å². The van der Waals surface area contributed by atoms with Crippen LogP contribution in [0.3, 0.4) is 0 Å². The second kappa shape index (κ2) is 4.93. The molecule has 0 amide bonds. The van der Waals surface area contributed by atoms with Crippen molar-refractivity contribution in [3.8, 4) is 0 Å². The minimum Gasteiger partial charge on any atom is -0.384 e. The zero-order chi connectivity index (χ0) is 10.5. The first kappa shape index (κ1) is 10.2. The maximum absolute atomic E-state index is 5.54. The zero-order valence-corrected chi connectivity index (χ0v) is 8.65. The van der Waals surface area contributed by atoms with E-state index in [0.29, 0.717) is 17.9 Å². The second-order valence-electron chi connectivity index (χ2n) is 3.66. The lowest BCUT2D eigenvalue weighted by atomic mass is 10.2. The highest BCUT2D eigenvalue weighted by molar-refractivity contribution is 5.34. The number of nitrogens with two attached hydrogens (primary N) is 1. The highest BCUT2D eigenvalue weighted by atomic mass is 16.5. The van der Waals surface area contributed by atoms with E-state index >= 15 is 0 Å². The summed E-state index contributed by atoms with van der Waals surface area (Å²) >= 11 is 0. The van der Waals surface area contributed by atoms with Gasteiger partial charge in [-0.15, -0.1) is 0 Å². The van der Waals surface area contributed by atoms with E-state index in [9.17, 15) is 0 Å². The lowest BCUT2D eigenvalue weighted by Crippen LogP contribution is -2.13. The van der Waals surface area contributed by atoms with Crippen molar-refractivity contribution in [1.82, 2.24) is 9.97 Å². The van der Waals surface area contributed by atoms with Gasteiger partial charge in [-0.05, 0) is 25.3 Å². The first-order valence-corrected chi connectivity index (χ1v) is 5.28. The monoisotopic (exact) mass is 208 g/mol. The summed E-state index contributed by atoms with van der Waals surface area (Å²) in [5.41, 5.74) is 5.54. The molecule has 1 atom stereocenters. The molecule has 1 aliphatic rings. The van der Waals surface area contributed by atoms with Crippen LogP contribution in [-0.2, 0) is 4.74 Å². The van der Waals surface area contributed by atoms with Crippen molar-refractivity contribution >= 4 is 11.8 Å². The lowest BCUT2D eigenvalue weighted by molar-refractivity contribution is 0.107. The van der Waals surface area contributed by atoms with Gasteiger partial charge in [0, 0.05) is 19.3 Å². The van der Waals surface area contributed by atoms with Gasteiger partial charge in [0.1, 0.15) is 5.82 Å². The fourth-order valence-corrected chi connectivity index (χ4v) is 1.67. The van der Waals surface area contributed by atoms with Gasteiger partial charge in [-0.3, -0.25) is 0 Å². The van der Waals surface area contributed by atoms with E-state index in [1.54, 1.807) is 12.3 Å². The van der Waals surface area contributed by atoms with Crippen molar-refractivity contribution < 1.29 is 4.74 Å². The molecular formula is C10H16N4O. The van der Waals surface area contributed by atoms with Gasteiger partial charge in [0.05, 0.1) is 6.10 Å². The summed E-state index contributed by atoms with van der Waals surface area (Å²) in [6.07, 6.45) is 5.40. The van der Waals surface area contributed by atoms with Crippen LogP contribution in [-0.4, -0.2) is 29.2 Å². The normalized spacial score (nSPS) is 20.4. The molecule has 0 radical (unpaired) electrons. The molecule has 3 N–H and O–H groups in total. The Morgan fingerprint density at radius 3 is 3.27 bits per heavy atom. The van der Waals surface area contributed by atoms with Crippen molar-refractivity contribution in [3.05, 3.63) is 12.3 Å². The molecule has 1 fully saturated rings. The Morgan fingerprint density at radius 1 is 1.60 bits per heavy atom. The molecule has 1 aliphatic heterocycles. The smallest absolute Gasteiger partial charge is 0.224 e. The molecule has 0 bridgehead atoms. The van der Waals surface area contributed by atoms with E-state index in [1.165, 1.54) is 12.8 Å². The topological polar surface area (TPSA) is 73.1 Å². The fraction of sp³-hybridized carbons (Fsp3) is 0.600. The highest BCUT2D eigenvalue weighted by Gasteiger charge is 2.14. The van der Waals surface area contributed by atoms with E-state index < -0.39 is 0 Å². The fourth-order valence-electron chi connectivity index (χ4n) is 1.67. The predicted octanol–water partition coefficient (Wildman–Crippen LogP) is 1.04. The Morgan fingerprint density at radius 2 is 2.53 bits per heavy atom. The first-order chi connectivity index (χ1) is 7.34. The molecule has 1 saturated heterocycles. The first-order valence-electron chi connectivity index (χ1n) is 5.28. The van der Waals surface area contributed by atoms with Crippen LogP contribution < -0.4 is 11.1 Å². The van der Waals surface area contributed by atoms with Crippen molar-refractivity contribution in [1.29, 1.82) is 0 Å². The van der Waals surface area contributed by atoms with E-state index in [-0.39, 0.29) is 0 Å². The molecule has 82 valence electrons. The Hall–Kier alpha value is -1.36. The molecule has 5 heteroatoms. The molecule has 1 aromatic rings. The lowest BCUT2D eigenvalue weighted by Gasteiger charge is -2.09. The quantitative estimate of drug-likeness (QED) is 0.773. The minimum absolute atomic E-state index is 0.401. The number of nitrogen functional groups attached to an aromatic ring is 1. The number of rotatable bonds is 4. The molecule has 1 aromatic heterocycles. The van der Waals surface area contributed by atoms with Crippen LogP contribution in [0.2, 0.25) is 0 Å². The zero-order valence-electron chi connectivity index (χ0n) is 8.65. The summed E-state index contributed by atoms with van der Waals surface area (Å²) in [4.78, 5) is 8.11. The maximum atomic E-state index is 5.54. The second-order valence-corrected chi connectivity index (χ2v) is 3.66. The van der Waals surface area contributed by atoms with Gasteiger partial charge in [-0.1, -0.05) is 0 Å². The predicted molar refractivity (Wildman–Crippen MR) is 58.5 cm³/mol. The van der Waals surface area contributed by atoms with Gasteiger partial charge in [-0.2, -0.15) is 4.98 Å². The van der Waals surface area contributed by atoms with E-state index in [2.05, 4.69) is 15.3 Å². The summed E-state index contributed by atoms with van der Waals surface area (Å²) in [5, 5.41) is 3.13. The standard InChI is InChI=1S/C10H16N4O/c11-9-4-6-13-10(14-9)12-5-3-8-2-1-7-15-8/h4,6,8H,1-3,5,7H2,(H3,11,12,13,14). The Kier molecular flexibility index (Phi) is 3.34. The number of ether oxygens (including phenoxy) is 1. The van der Waals surface area contributed by atoms with Crippen LogP contribution in [0, 0.1) is 0 Å². The number of hydrogen-bond donors (Lipinski definition) is 2. The average molecular weight is 208 g/mol.